The summed E-state index contributed by atoms with van der Waals surface area (Å²) >= 11 is 3.00. The number of hydrogen-bond acceptors (Lipinski definition) is 5. The van der Waals surface area contributed by atoms with Crippen LogP contribution in [0.4, 0.5) is 13.2 Å². The minimum atomic E-state index is -4.36. The molecule has 0 spiro atoms. The van der Waals surface area contributed by atoms with Gasteiger partial charge < -0.3 is 4.74 Å². The predicted molar refractivity (Wildman–Crippen MR) is 121 cm³/mol. The smallest absolute Gasteiger partial charge is 0.416 e. The maximum absolute atomic E-state index is 13.0. The monoisotopic (exact) mass is 475 g/mol. The molecule has 2 aromatic carbocycles. The molecule has 0 aliphatic carbocycles. The number of rotatable bonds is 8. The molecule has 0 radical (unpaired) electrons. The molecule has 0 N–H and O–H groups in total. The third kappa shape index (κ3) is 5.34. The van der Waals surface area contributed by atoms with Crippen molar-refractivity contribution in [1.82, 2.24) is 14.8 Å². The maximum atomic E-state index is 13.0. The lowest BCUT2D eigenvalue weighted by Crippen LogP contribution is -2.05. The molecule has 0 bridgehead atoms. The van der Waals surface area contributed by atoms with Crippen molar-refractivity contribution in [1.29, 1.82) is 0 Å². The molecule has 0 amide bonds. The molecule has 0 fully saturated rings. The van der Waals surface area contributed by atoms with Crippen molar-refractivity contribution in [3.8, 4) is 11.4 Å². The Balaban J connectivity index is 1.62. The van der Waals surface area contributed by atoms with Gasteiger partial charge in [0.05, 0.1) is 12.2 Å². The summed E-state index contributed by atoms with van der Waals surface area (Å²) < 4.78 is 46.6. The van der Waals surface area contributed by atoms with Gasteiger partial charge in [0.25, 0.3) is 0 Å². The van der Waals surface area contributed by atoms with E-state index in [0.717, 1.165) is 28.2 Å². The zero-order valence-electron chi connectivity index (χ0n) is 17.2. The summed E-state index contributed by atoms with van der Waals surface area (Å²) in [5, 5.41) is 11.4. The van der Waals surface area contributed by atoms with Gasteiger partial charge in [0.1, 0.15) is 11.6 Å². The van der Waals surface area contributed by atoms with Crippen LogP contribution >= 0.6 is 23.1 Å². The van der Waals surface area contributed by atoms with E-state index in [1.807, 2.05) is 53.3 Å². The number of thioether (sulfide) groups is 1. The third-order valence-electron chi connectivity index (χ3n) is 4.64. The summed E-state index contributed by atoms with van der Waals surface area (Å²) in [6, 6.07) is 17.0. The molecule has 4 nitrogen and oxygen atoms in total. The van der Waals surface area contributed by atoms with Gasteiger partial charge in [-0.2, -0.15) is 13.2 Å². The highest BCUT2D eigenvalue weighted by Gasteiger charge is 2.30. The maximum Gasteiger partial charge on any atom is 0.416 e. The first kappa shape index (κ1) is 22.4. The second-order valence-corrected chi connectivity index (χ2v) is 8.88. The van der Waals surface area contributed by atoms with Crippen LogP contribution < -0.4 is 4.74 Å². The number of nitrogens with zero attached hydrogens (tertiary/aromatic N) is 3. The van der Waals surface area contributed by atoms with Gasteiger partial charge in [0.2, 0.25) is 0 Å². The molecule has 0 unspecified atom stereocenters. The van der Waals surface area contributed by atoms with Crippen molar-refractivity contribution in [2.75, 3.05) is 6.61 Å². The molecule has 166 valence electrons. The van der Waals surface area contributed by atoms with Crippen molar-refractivity contribution in [3.63, 3.8) is 0 Å². The van der Waals surface area contributed by atoms with Crippen LogP contribution in [-0.4, -0.2) is 21.4 Å². The quantitative estimate of drug-likeness (QED) is 0.268. The van der Waals surface area contributed by atoms with Gasteiger partial charge in [-0.15, -0.1) is 21.5 Å². The Labute approximate surface area is 192 Å². The first-order valence-electron chi connectivity index (χ1n) is 9.93. The molecular weight excluding hydrogens is 455 g/mol. The summed E-state index contributed by atoms with van der Waals surface area (Å²) in [7, 11) is 0. The molecule has 0 aliphatic heterocycles. The summed E-state index contributed by atoms with van der Waals surface area (Å²) in [5.74, 6) is 1.88. The summed E-state index contributed by atoms with van der Waals surface area (Å²) in [6.45, 7) is 2.50. The lowest BCUT2D eigenvalue weighted by atomic mass is 10.1. The molecule has 4 aromatic rings. The van der Waals surface area contributed by atoms with Crippen LogP contribution in [0.5, 0.6) is 5.75 Å². The highest BCUT2D eigenvalue weighted by atomic mass is 32.2. The van der Waals surface area contributed by atoms with Crippen LogP contribution in [0.3, 0.4) is 0 Å². The van der Waals surface area contributed by atoms with E-state index in [9.17, 15) is 13.2 Å². The van der Waals surface area contributed by atoms with E-state index in [-0.39, 0.29) is 0 Å². The van der Waals surface area contributed by atoms with Crippen LogP contribution in [0.1, 0.15) is 28.8 Å². The average Bonchev–Trinajstić information content (AvgIpc) is 3.43. The molecule has 0 aliphatic rings. The Bertz CT molecular complexity index is 1160. The first-order valence-corrected chi connectivity index (χ1v) is 11.8. The van der Waals surface area contributed by atoms with E-state index in [1.165, 1.54) is 23.9 Å². The third-order valence-corrected chi connectivity index (χ3v) is 6.52. The van der Waals surface area contributed by atoms with E-state index in [2.05, 4.69) is 10.2 Å². The van der Waals surface area contributed by atoms with Gasteiger partial charge in [-0.3, -0.25) is 4.57 Å². The SMILES string of the molecule is CCOc1ccc(-n2c(Cc3cccs3)nnc2SCc2cccc(C(F)(F)F)c2)cc1. The van der Waals surface area contributed by atoms with Gasteiger partial charge in [-0.25, -0.2) is 0 Å². The largest absolute Gasteiger partial charge is 0.494 e. The molecule has 2 heterocycles. The fraction of sp³-hybridized carbons (Fsp3) is 0.217. The Morgan fingerprint density at radius 2 is 1.84 bits per heavy atom. The summed E-state index contributed by atoms with van der Waals surface area (Å²) in [6.07, 6.45) is -3.75. The minimum Gasteiger partial charge on any atom is -0.494 e. The number of benzene rings is 2. The van der Waals surface area contributed by atoms with E-state index < -0.39 is 11.7 Å². The van der Waals surface area contributed by atoms with Crippen molar-refractivity contribution in [2.45, 2.75) is 30.4 Å². The summed E-state index contributed by atoms with van der Waals surface area (Å²) in [4.78, 5) is 1.15. The van der Waals surface area contributed by atoms with Gasteiger partial charge in [0, 0.05) is 22.7 Å². The second kappa shape index (κ2) is 9.79. The molecule has 0 atom stereocenters. The zero-order chi connectivity index (χ0) is 22.6. The average molecular weight is 476 g/mol. The number of alkyl halides is 3. The molecule has 2 aromatic heterocycles. The van der Waals surface area contributed by atoms with E-state index >= 15 is 0 Å². The molecule has 9 heteroatoms. The fourth-order valence-corrected chi connectivity index (χ4v) is 4.80. The Hall–Kier alpha value is -2.78. The van der Waals surface area contributed by atoms with Gasteiger partial charge >= 0.3 is 6.18 Å². The van der Waals surface area contributed by atoms with E-state index in [1.54, 1.807) is 17.4 Å². The molecule has 0 saturated carbocycles. The van der Waals surface area contributed by atoms with Crippen LogP contribution in [0, 0.1) is 0 Å². The fourth-order valence-electron chi connectivity index (χ4n) is 3.18. The predicted octanol–water partition coefficient (Wildman–Crippen LogP) is 6.63. The minimum absolute atomic E-state index is 0.345. The van der Waals surface area contributed by atoms with E-state index in [4.69, 9.17) is 4.74 Å². The highest BCUT2D eigenvalue weighted by Crippen LogP contribution is 2.32. The number of halogens is 3. The molecular formula is C23H20F3N3OS2. The number of thiophene rings is 1. The van der Waals surface area contributed by atoms with Crippen molar-refractivity contribution in [2.24, 2.45) is 0 Å². The number of hydrogen-bond donors (Lipinski definition) is 0. The summed E-state index contributed by atoms with van der Waals surface area (Å²) in [5.41, 5.74) is 0.796. The Morgan fingerprint density at radius 1 is 1.03 bits per heavy atom. The van der Waals surface area contributed by atoms with E-state index in [0.29, 0.717) is 29.5 Å². The number of aromatic nitrogens is 3. The van der Waals surface area contributed by atoms with Crippen LogP contribution in [0.2, 0.25) is 0 Å². The molecule has 4 rings (SSSR count). The van der Waals surface area contributed by atoms with Crippen LogP contribution in [0.25, 0.3) is 5.69 Å². The second-order valence-electron chi connectivity index (χ2n) is 6.90. The molecule has 0 saturated heterocycles. The normalized spacial score (nSPS) is 11.6. The number of ether oxygens (including phenoxy) is 1. The lowest BCUT2D eigenvalue weighted by Gasteiger charge is -2.12. The molecule has 32 heavy (non-hydrogen) atoms. The Morgan fingerprint density at radius 3 is 2.53 bits per heavy atom. The van der Waals surface area contributed by atoms with Crippen molar-refractivity contribution in [3.05, 3.63) is 87.9 Å². The van der Waals surface area contributed by atoms with Crippen LogP contribution in [-0.2, 0) is 18.3 Å². The van der Waals surface area contributed by atoms with Crippen molar-refractivity contribution < 1.29 is 17.9 Å². The standard InChI is InChI=1S/C23H20F3N3OS2/c1-2-30-19-10-8-18(9-11-19)29-21(14-20-7-4-12-31-20)27-28-22(29)32-15-16-5-3-6-17(13-16)23(24,25)26/h3-13H,2,14-15H2,1H3. The highest BCUT2D eigenvalue weighted by molar-refractivity contribution is 7.98. The Kier molecular flexibility index (Phi) is 6.86. The van der Waals surface area contributed by atoms with Gasteiger partial charge in [-0.1, -0.05) is 36.0 Å². The topological polar surface area (TPSA) is 39.9 Å². The van der Waals surface area contributed by atoms with Gasteiger partial charge in [0.15, 0.2) is 5.16 Å². The zero-order valence-corrected chi connectivity index (χ0v) is 18.8. The lowest BCUT2D eigenvalue weighted by molar-refractivity contribution is -0.137. The van der Waals surface area contributed by atoms with Crippen LogP contribution in [0.15, 0.2) is 71.2 Å². The van der Waals surface area contributed by atoms with Crippen molar-refractivity contribution >= 4 is 23.1 Å². The first-order chi connectivity index (χ1) is 15.4. The van der Waals surface area contributed by atoms with Gasteiger partial charge in [-0.05, 0) is 54.3 Å².